The summed E-state index contributed by atoms with van der Waals surface area (Å²) in [5, 5.41) is 2.13. The third-order valence-corrected chi connectivity index (χ3v) is 6.89. The maximum Gasteiger partial charge on any atom is 0.237 e. The molecule has 140 valence electrons. The van der Waals surface area contributed by atoms with Gasteiger partial charge in [0.1, 0.15) is 0 Å². The number of piperidine rings is 1. The minimum absolute atomic E-state index is 0.00639. The average Bonchev–Trinajstić information content (AvgIpc) is 3.03. The van der Waals surface area contributed by atoms with E-state index in [1.165, 1.54) is 16.7 Å². The molecule has 1 N–H and O–H groups in total. The zero-order valence-electron chi connectivity index (χ0n) is 14.9. The predicted octanol–water partition coefficient (Wildman–Crippen LogP) is 1.60. The van der Waals surface area contributed by atoms with Crippen molar-refractivity contribution in [2.75, 3.05) is 32.4 Å². The van der Waals surface area contributed by atoms with E-state index >= 15 is 0 Å². The number of thiophene rings is 1. The molecule has 0 aliphatic carbocycles. The molecular formula is C17H27N3O3S2. The van der Waals surface area contributed by atoms with Crippen LogP contribution in [0, 0.1) is 0 Å². The van der Waals surface area contributed by atoms with Gasteiger partial charge in [-0.1, -0.05) is 6.92 Å². The third kappa shape index (κ3) is 4.61. The first-order valence-electron chi connectivity index (χ1n) is 8.92. The molecule has 25 heavy (non-hydrogen) atoms. The van der Waals surface area contributed by atoms with Crippen molar-refractivity contribution in [2.24, 2.45) is 0 Å². The van der Waals surface area contributed by atoms with E-state index in [1.807, 2.05) is 4.90 Å². The number of amides is 1. The molecule has 2 aliphatic rings. The van der Waals surface area contributed by atoms with Crippen LogP contribution >= 0.6 is 11.3 Å². The number of hydrogen-bond donors (Lipinski definition) is 1. The molecule has 1 saturated heterocycles. The monoisotopic (exact) mass is 385 g/mol. The Hall–Kier alpha value is -0.960. The first-order chi connectivity index (χ1) is 11.9. The van der Waals surface area contributed by atoms with E-state index in [2.05, 4.69) is 28.0 Å². The Bertz CT molecular complexity index is 708. The second-order valence-electron chi connectivity index (χ2n) is 7.00. The number of nitrogens with zero attached hydrogens (tertiary/aromatic N) is 2. The van der Waals surface area contributed by atoms with Crippen LogP contribution in [-0.2, 0) is 21.2 Å². The van der Waals surface area contributed by atoms with Gasteiger partial charge in [0.2, 0.25) is 15.9 Å². The molecule has 1 aromatic rings. The van der Waals surface area contributed by atoms with Gasteiger partial charge < -0.3 is 4.90 Å². The Balaban J connectivity index is 1.55. The smallest absolute Gasteiger partial charge is 0.237 e. The fraction of sp³-hybridized carbons (Fsp3) is 0.706. The summed E-state index contributed by atoms with van der Waals surface area (Å²) < 4.78 is 25.3. The van der Waals surface area contributed by atoms with E-state index in [0.29, 0.717) is 6.54 Å². The Kier molecular flexibility index (Phi) is 5.82. The van der Waals surface area contributed by atoms with Gasteiger partial charge in [-0.15, -0.1) is 11.3 Å². The van der Waals surface area contributed by atoms with Gasteiger partial charge in [-0.3, -0.25) is 9.69 Å². The molecular weight excluding hydrogens is 358 g/mol. The first kappa shape index (κ1) is 18.8. The van der Waals surface area contributed by atoms with Gasteiger partial charge in [0.15, 0.2) is 0 Å². The van der Waals surface area contributed by atoms with Gasteiger partial charge in [-0.25, -0.2) is 13.1 Å². The summed E-state index contributed by atoms with van der Waals surface area (Å²) in [4.78, 5) is 18.5. The van der Waals surface area contributed by atoms with Crippen molar-refractivity contribution in [3.8, 4) is 0 Å². The molecule has 6 nitrogen and oxygen atoms in total. The molecule has 0 bridgehead atoms. The Labute approximate surface area is 154 Å². The van der Waals surface area contributed by atoms with Gasteiger partial charge in [0.25, 0.3) is 0 Å². The maximum atomic E-state index is 12.9. The van der Waals surface area contributed by atoms with Gasteiger partial charge in [-0.05, 0) is 42.7 Å². The average molecular weight is 386 g/mol. The van der Waals surface area contributed by atoms with E-state index < -0.39 is 10.0 Å². The summed E-state index contributed by atoms with van der Waals surface area (Å²) in [6.07, 6.45) is 4.60. The Morgan fingerprint density at radius 2 is 2.04 bits per heavy atom. The van der Waals surface area contributed by atoms with Crippen LogP contribution in [0.25, 0.3) is 0 Å². The van der Waals surface area contributed by atoms with Crippen LogP contribution in [0.15, 0.2) is 11.4 Å². The number of nitrogens with one attached hydrogen (secondary N) is 1. The molecule has 1 amide bonds. The van der Waals surface area contributed by atoms with Crippen LogP contribution < -0.4 is 4.72 Å². The normalized spacial score (nSPS) is 22.8. The number of carbonyl (C=O) groups excluding carboxylic acids is 1. The molecule has 1 unspecified atom stereocenters. The lowest BCUT2D eigenvalue weighted by molar-refractivity contribution is -0.135. The van der Waals surface area contributed by atoms with E-state index in [-0.39, 0.29) is 18.0 Å². The van der Waals surface area contributed by atoms with Crippen molar-refractivity contribution in [3.63, 3.8) is 0 Å². The fourth-order valence-electron chi connectivity index (χ4n) is 3.93. The van der Waals surface area contributed by atoms with Crippen LogP contribution in [0.1, 0.15) is 42.7 Å². The van der Waals surface area contributed by atoms with Crippen LogP contribution in [0.5, 0.6) is 0 Å². The predicted molar refractivity (Wildman–Crippen MR) is 100 cm³/mol. The van der Waals surface area contributed by atoms with Crippen molar-refractivity contribution in [2.45, 2.75) is 44.7 Å². The largest absolute Gasteiger partial charge is 0.334 e. The van der Waals surface area contributed by atoms with Crippen LogP contribution in [0.2, 0.25) is 0 Å². The molecule has 0 spiro atoms. The molecule has 1 fully saturated rings. The SMILES string of the molecule is CCC1c2ccsc2CCN1C(=O)CN1CCC(NS(C)(=O)=O)CC1. The minimum atomic E-state index is -3.16. The molecule has 3 rings (SSSR count). The lowest BCUT2D eigenvalue weighted by Gasteiger charge is -2.38. The quantitative estimate of drug-likeness (QED) is 0.836. The van der Waals surface area contributed by atoms with Crippen molar-refractivity contribution in [1.29, 1.82) is 0 Å². The molecule has 1 aromatic heterocycles. The number of sulfonamides is 1. The molecule has 0 radical (unpaired) electrons. The topological polar surface area (TPSA) is 69.7 Å². The number of hydrogen-bond acceptors (Lipinski definition) is 5. The molecule has 1 atom stereocenters. The third-order valence-electron chi connectivity index (χ3n) is 5.13. The number of carbonyl (C=O) groups is 1. The van der Waals surface area contributed by atoms with Crippen molar-refractivity contribution in [1.82, 2.24) is 14.5 Å². The van der Waals surface area contributed by atoms with E-state index in [1.54, 1.807) is 11.3 Å². The molecule has 0 saturated carbocycles. The Morgan fingerprint density at radius 1 is 1.32 bits per heavy atom. The standard InChI is InChI=1S/C17H27N3O3S2/c1-3-15-14-7-11-24-16(14)6-10-20(15)17(21)12-19-8-4-13(5-9-19)18-25(2,22)23/h7,11,13,15,18H,3-6,8-10,12H2,1-2H3. The highest BCUT2D eigenvalue weighted by Gasteiger charge is 2.31. The summed E-state index contributed by atoms with van der Waals surface area (Å²) in [7, 11) is -3.16. The van der Waals surface area contributed by atoms with Gasteiger partial charge >= 0.3 is 0 Å². The summed E-state index contributed by atoms with van der Waals surface area (Å²) in [5.74, 6) is 0.193. The van der Waals surface area contributed by atoms with Gasteiger partial charge in [0, 0.05) is 30.6 Å². The fourth-order valence-corrected chi connectivity index (χ4v) is 5.70. The summed E-state index contributed by atoms with van der Waals surface area (Å²) in [5.41, 5.74) is 1.32. The number of rotatable bonds is 5. The van der Waals surface area contributed by atoms with Crippen molar-refractivity contribution < 1.29 is 13.2 Å². The molecule has 0 aromatic carbocycles. The lowest BCUT2D eigenvalue weighted by Crippen LogP contribution is -2.49. The van der Waals surface area contributed by atoms with Crippen molar-refractivity contribution >= 4 is 27.3 Å². The summed E-state index contributed by atoms with van der Waals surface area (Å²) in [6, 6.07) is 2.36. The number of fused-ring (bicyclic) bond motifs is 1. The maximum absolute atomic E-state index is 12.9. The zero-order valence-corrected chi connectivity index (χ0v) is 16.5. The molecule has 2 aliphatic heterocycles. The lowest BCUT2D eigenvalue weighted by atomic mass is 9.97. The Morgan fingerprint density at radius 3 is 2.68 bits per heavy atom. The van der Waals surface area contributed by atoms with E-state index in [4.69, 9.17) is 0 Å². The summed E-state index contributed by atoms with van der Waals surface area (Å²) >= 11 is 1.79. The molecule has 3 heterocycles. The highest BCUT2D eigenvalue weighted by Crippen LogP contribution is 2.35. The first-order valence-corrected chi connectivity index (χ1v) is 11.7. The van der Waals surface area contributed by atoms with E-state index in [0.717, 1.165) is 45.3 Å². The zero-order chi connectivity index (χ0) is 18.0. The highest BCUT2D eigenvalue weighted by molar-refractivity contribution is 7.88. The van der Waals surface area contributed by atoms with E-state index in [9.17, 15) is 13.2 Å². The number of likely N-dealkylation sites (tertiary alicyclic amines) is 1. The van der Waals surface area contributed by atoms with Crippen LogP contribution in [-0.4, -0.2) is 62.6 Å². The van der Waals surface area contributed by atoms with Crippen LogP contribution in [0.3, 0.4) is 0 Å². The minimum Gasteiger partial charge on any atom is -0.334 e. The highest BCUT2D eigenvalue weighted by atomic mass is 32.2. The van der Waals surface area contributed by atoms with Gasteiger partial charge in [-0.2, -0.15) is 0 Å². The second-order valence-corrected chi connectivity index (χ2v) is 9.78. The molecule has 8 heteroatoms. The van der Waals surface area contributed by atoms with Crippen molar-refractivity contribution in [3.05, 3.63) is 21.9 Å². The summed E-state index contributed by atoms with van der Waals surface area (Å²) in [6.45, 7) is 4.89. The van der Waals surface area contributed by atoms with Crippen LogP contribution in [0.4, 0.5) is 0 Å². The van der Waals surface area contributed by atoms with Gasteiger partial charge in [0.05, 0.1) is 18.8 Å². The second kappa shape index (κ2) is 7.73.